The van der Waals surface area contributed by atoms with Crippen LogP contribution in [0.3, 0.4) is 0 Å². The number of ketones is 1. The molecule has 0 atom stereocenters. The molecular weight excluding hydrogens is 244 g/mol. The Bertz CT molecular complexity index is 499. The molecule has 2 rings (SSSR count). The van der Waals surface area contributed by atoms with E-state index in [0.29, 0.717) is 6.54 Å². The summed E-state index contributed by atoms with van der Waals surface area (Å²) in [4.78, 5) is 24.0. The Morgan fingerprint density at radius 1 is 1.47 bits per heavy atom. The van der Waals surface area contributed by atoms with E-state index in [9.17, 15) is 9.59 Å². The van der Waals surface area contributed by atoms with Crippen LogP contribution in [0.5, 0.6) is 5.75 Å². The van der Waals surface area contributed by atoms with Gasteiger partial charge < -0.3 is 15.0 Å². The second-order valence-electron chi connectivity index (χ2n) is 4.67. The second-order valence-corrected chi connectivity index (χ2v) is 4.67. The van der Waals surface area contributed by atoms with Crippen LogP contribution < -0.4 is 15.0 Å². The largest absolute Gasteiger partial charge is 0.482 e. The van der Waals surface area contributed by atoms with Crippen molar-refractivity contribution in [3.8, 4) is 5.75 Å². The number of amides is 1. The molecule has 1 aliphatic heterocycles. The van der Waals surface area contributed by atoms with Gasteiger partial charge in [-0.15, -0.1) is 0 Å². The quantitative estimate of drug-likeness (QED) is 0.796. The van der Waals surface area contributed by atoms with Crippen molar-refractivity contribution in [2.24, 2.45) is 0 Å². The molecule has 1 aromatic carbocycles. The van der Waals surface area contributed by atoms with Crippen molar-refractivity contribution in [2.45, 2.75) is 13.3 Å². The molecule has 0 aliphatic carbocycles. The molecule has 0 spiro atoms. The van der Waals surface area contributed by atoms with Crippen molar-refractivity contribution in [3.63, 3.8) is 0 Å². The normalized spacial score (nSPS) is 14.0. The molecule has 19 heavy (non-hydrogen) atoms. The van der Waals surface area contributed by atoms with Gasteiger partial charge in [-0.25, -0.2) is 0 Å². The zero-order chi connectivity index (χ0) is 13.8. The van der Waals surface area contributed by atoms with Gasteiger partial charge in [-0.2, -0.15) is 0 Å². The molecule has 0 saturated heterocycles. The smallest absolute Gasteiger partial charge is 0.264 e. The number of ether oxygens (including phenoxy) is 1. The fraction of sp³-hybridized carbons (Fsp3) is 0.429. The molecule has 1 aliphatic rings. The van der Waals surface area contributed by atoms with E-state index in [1.54, 1.807) is 18.9 Å². The first-order valence-electron chi connectivity index (χ1n) is 6.30. The van der Waals surface area contributed by atoms with E-state index in [4.69, 9.17) is 4.74 Å². The van der Waals surface area contributed by atoms with E-state index in [2.05, 4.69) is 5.32 Å². The van der Waals surface area contributed by atoms with Gasteiger partial charge in [0.25, 0.3) is 5.91 Å². The summed E-state index contributed by atoms with van der Waals surface area (Å²) >= 11 is 0. The van der Waals surface area contributed by atoms with Gasteiger partial charge in [-0.3, -0.25) is 9.59 Å². The molecule has 1 N–H and O–H groups in total. The molecule has 5 heteroatoms. The van der Waals surface area contributed by atoms with E-state index < -0.39 is 0 Å². The number of carbonyl (C=O) groups is 2. The predicted octanol–water partition coefficient (Wildman–Crippen LogP) is 0.763. The Kier molecular flexibility index (Phi) is 4.16. The van der Waals surface area contributed by atoms with Crippen molar-refractivity contribution in [1.82, 2.24) is 5.32 Å². The Morgan fingerprint density at radius 2 is 2.26 bits per heavy atom. The van der Waals surface area contributed by atoms with Crippen LogP contribution in [0, 0.1) is 0 Å². The van der Waals surface area contributed by atoms with Crippen LogP contribution in [-0.2, 0) is 16.0 Å². The van der Waals surface area contributed by atoms with Crippen molar-refractivity contribution < 1.29 is 14.3 Å². The number of benzene rings is 1. The molecule has 0 unspecified atom stereocenters. The number of anilines is 1. The highest BCUT2D eigenvalue weighted by molar-refractivity contribution is 5.97. The molecule has 5 nitrogen and oxygen atoms in total. The lowest BCUT2D eigenvalue weighted by atomic mass is 10.1. The summed E-state index contributed by atoms with van der Waals surface area (Å²) in [6, 6.07) is 5.83. The highest BCUT2D eigenvalue weighted by Gasteiger charge is 2.21. The fourth-order valence-electron chi connectivity index (χ4n) is 1.97. The number of nitrogens with zero attached hydrogens (tertiary/aromatic N) is 1. The maximum absolute atomic E-state index is 11.6. The van der Waals surface area contributed by atoms with Gasteiger partial charge in [0, 0.05) is 7.05 Å². The summed E-state index contributed by atoms with van der Waals surface area (Å²) < 4.78 is 5.37. The minimum Gasteiger partial charge on any atom is -0.482 e. The third kappa shape index (κ3) is 3.32. The molecule has 1 heterocycles. The summed E-state index contributed by atoms with van der Waals surface area (Å²) in [5, 5.41) is 3.07. The number of nitrogens with one attached hydrogen (secondary N) is 1. The minimum absolute atomic E-state index is 0.0423. The lowest BCUT2D eigenvalue weighted by Crippen LogP contribution is -2.35. The van der Waals surface area contributed by atoms with Gasteiger partial charge in [0.1, 0.15) is 11.5 Å². The second kappa shape index (κ2) is 5.84. The molecule has 1 aromatic rings. The van der Waals surface area contributed by atoms with E-state index >= 15 is 0 Å². The van der Waals surface area contributed by atoms with Crippen LogP contribution in [0.4, 0.5) is 5.69 Å². The SMILES string of the molecule is CC(=O)CNCCc1ccc2c(c1)N(C)C(=O)CO2. The molecule has 0 bridgehead atoms. The standard InChI is InChI=1S/C14H18N2O3/c1-10(17)8-15-6-5-11-3-4-13-12(7-11)16(2)14(18)9-19-13/h3-4,7,15H,5-6,8-9H2,1-2H3. The molecule has 0 fully saturated rings. The highest BCUT2D eigenvalue weighted by atomic mass is 16.5. The predicted molar refractivity (Wildman–Crippen MR) is 72.6 cm³/mol. The van der Waals surface area contributed by atoms with Crippen LogP contribution in [0.25, 0.3) is 0 Å². The number of rotatable bonds is 5. The zero-order valence-corrected chi connectivity index (χ0v) is 11.2. The summed E-state index contributed by atoms with van der Waals surface area (Å²) in [7, 11) is 1.75. The summed E-state index contributed by atoms with van der Waals surface area (Å²) in [6.07, 6.45) is 0.808. The monoisotopic (exact) mass is 262 g/mol. The third-order valence-corrected chi connectivity index (χ3v) is 3.07. The maximum Gasteiger partial charge on any atom is 0.264 e. The summed E-state index contributed by atoms with van der Waals surface area (Å²) in [5.41, 5.74) is 1.92. The van der Waals surface area contributed by atoms with Crippen LogP contribution in [0.1, 0.15) is 12.5 Å². The maximum atomic E-state index is 11.6. The van der Waals surface area contributed by atoms with Gasteiger partial charge in [-0.1, -0.05) is 6.07 Å². The Morgan fingerprint density at radius 3 is 3.00 bits per heavy atom. The number of likely N-dealkylation sites (N-methyl/N-ethyl adjacent to an activating group) is 1. The summed E-state index contributed by atoms with van der Waals surface area (Å²) in [5.74, 6) is 0.825. The van der Waals surface area contributed by atoms with E-state index in [0.717, 1.165) is 30.0 Å². The number of hydrogen-bond acceptors (Lipinski definition) is 4. The number of Topliss-reactive ketones (excluding diaryl/α,β-unsaturated/α-hetero) is 1. The first-order chi connectivity index (χ1) is 9.08. The van der Waals surface area contributed by atoms with Gasteiger partial charge in [0.05, 0.1) is 12.2 Å². The van der Waals surface area contributed by atoms with E-state index in [1.807, 2.05) is 18.2 Å². The number of fused-ring (bicyclic) bond motifs is 1. The van der Waals surface area contributed by atoms with Gasteiger partial charge >= 0.3 is 0 Å². The van der Waals surface area contributed by atoms with Crippen molar-refractivity contribution in [1.29, 1.82) is 0 Å². The lowest BCUT2D eigenvalue weighted by Gasteiger charge is -2.26. The van der Waals surface area contributed by atoms with Crippen LogP contribution in [0.2, 0.25) is 0 Å². The highest BCUT2D eigenvalue weighted by Crippen LogP contribution is 2.31. The Labute approximate surface area is 112 Å². The number of carbonyl (C=O) groups excluding carboxylic acids is 2. The van der Waals surface area contributed by atoms with Crippen LogP contribution in [-0.4, -0.2) is 38.4 Å². The molecule has 0 aromatic heterocycles. The first-order valence-corrected chi connectivity index (χ1v) is 6.30. The van der Waals surface area contributed by atoms with E-state index in [-0.39, 0.29) is 18.3 Å². The molecule has 1 amide bonds. The minimum atomic E-state index is -0.0423. The van der Waals surface area contributed by atoms with Gasteiger partial charge in [-0.05, 0) is 37.6 Å². The third-order valence-electron chi connectivity index (χ3n) is 3.07. The topological polar surface area (TPSA) is 58.6 Å². The average Bonchev–Trinajstić information content (AvgIpc) is 2.39. The molecule has 0 saturated carbocycles. The van der Waals surface area contributed by atoms with E-state index in [1.165, 1.54) is 0 Å². The first kappa shape index (κ1) is 13.5. The zero-order valence-electron chi connectivity index (χ0n) is 11.2. The number of hydrogen-bond donors (Lipinski definition) is 1. The van der Waals surface area contributed by atoms with Crippen LogP contribution in [0.15, 0.2) is 18.2 Å². The lowest BCUT2D eigenvalue weighted by molar-refractivity contribution is -0.121. The summed E-state index contributed by atoms with van der Waals surface area (Å²) in [6.45, 7) is 2.79. The van der Waals surface area contributed by atoms with Crippen LogP contribution >= 0.6 is 0 Å². The molecule has 0 radical (unpaired) electrons. The molecule has 102 valence electrons. The Balaban J connectivity index is 2.00. The van der Waals surface area contributed by atoms with Crippen molar-refractivity contribution in [3.05, 3.63) is 23.8 Å². The average molecular weight is 262 g/mol. The van der Waals surface area contributed by atoms with Gasteiger partial charge in [0.2, 0.25) is 0 Å². The van der Waals surface area contributed by atoms with Gasteiger partial charge in [0.15, 0.2) is 6.61 Å². The van der Waals surface area contributed by atoms with Crippen molar-refractivity contribution >= 4 is 17.4 Å². The molecular formula is C14H18N2O3. The fourth-order valence-corrected chi connectivity index (χ4v) is 1.97. The Hall–Kier alpha value is -1.88. The van der Waals surface area contributed by atoms with Crippen molar-refractivity contribution in [2.75, 3.05) is 31.6 Å².